The number of hydrogen-bond donors (Lipinski definition) is 1. The second kappa shape index (κ2) is 7.81. The highest BCUT2D eigenvalue weighted by Gasteiger charge is 2.19. The Bertz CT molecular complexity index is 1260. The van der Waals surface area contributed by atoms with Crippen molar-refractivity contribution in [2.24, 2.45) is 0 Å². The number of carbonyl (C=O) groups is 1. The lowest BCUT2D eigenvalue weighted by Crippen LogP contribution is -2.16. The average Bonchev–Trinajstić information content (AvgIpc) is 2.74. The van der Waals surface area contributed by atoms with Crippen LogP contribution in [0.15, 0.2) is 82.0 Å². The third-order valence-electron chi connectivity index (χ3n) is 4.49. The second-order valence-electron chi connectivity index (χ2n) is 6.32. The minimum Gasteiger partial charge on any atom is -0.497 e. The van der Waals surface area contributed by atoms with Gasteiger partial charge in [0.15, 0.2) is 0 Å². The molecule has 1 amide bonds. The van der Waals surface area contributed by atoms with Gasteiger partial charge in [0, 0.05) is 10.6 Å². The molecule has 1 heterocycles. The van der Waals surface area contributed by atoms with Crippen molar-refractivity contribution in [2.45, 2.75) is 0 Å². The molecule has 4 aromatic rings. The number of rotatable bonds is 4. The summed E-state index contributed by atoms with van der Waals surface area (Å²) in [6.45, 7) is 0. The molecule has 0 radical (unpaired) electrons. The molecular weight excluding hydrogens is 390 g/mol. The predicted octanol–water partition coefficient (Wildman–Crippen LogP) is 5.37. The van der Waals surface area contributed by atoms with Gasteiger partial charge in [0.1, 0.15) is 11.3 Å². The monoisotopic (exact) mass is 405 g/mol. The average molecular weight is 406 g/mol. The number of para-hydroxylation sites is 1. The van der Waals surface area contributed by atoms with Crippen molar-refractivity contribution in [1.29, 1.82) is 0 Å². The normalized spacial score (nSPS) is 10.7. The number of fused-ring (bicyclic) bond motifs is 1. The molecule has 0 saturated heterocycles. The van der Waals surface area contributed by atoms with E-state index < -0.39 is 5.91 Å². The number of carbonyl (C=O) groups excluding carboxylic acids is 1. The van der Waals surface area contributed by atoms with E-state index in [9.17, 15) is 9.59 Å². The minimum absolute atomic E-state index is 0.0665. The quantitative estimate of drug-likeness (QED) is 0.495. The van der Waals surface area contributed by atoms with Crippen molar-refractivity contribution < 1.29 is 13.9 Å². The molecule has 5 nitrogen and oxygen atoms in total. The van der Waals surface area contributed by atoms with E-state index in [1.807, 2.05) is 0 Å². The van der Waals surface area contributed by atoms with Crippen molar-refractivity contribution in [3.63, 3.8) is 0 Å². The first-order valence-corrected chi connectivity index (χ1v) is 9.22. The molecule has 0 atom stereocenters. The zero-order valence-corrected chi connectivity index (χ0v) is 16.2. The summed E-state index contributed by atoms with van der Waals surface area (Å²) < 4.78 is 11.0. The van der Waals surface area contributed by atoms with Gasteiger partial charge in [-0.25, -0.2) is 0 Å². The molecule has 0 spiro atoms. The van der Waals surface area contributed by atoms with Crippen LogP contribution in [0.25, 0.3) is 22.1 Å². The Balaban J connectivity index is 1.84. The van der Waals surface area contributed by atoms with Gasteiger partial charge in [-0.2, -0.15) is 0 Å². The van der Waals surface area contributed by atoms with Crippen LogP contribution in [-0.2, 0) is 0 Å². The summed E-state index contributed by atoms with van der Waals surface area (Å²) >= 11 is 6.12. The van der Waals surface area contributed by atoms with Crippen LogP contribution in [0.3, 0.4) is 0 Å². The molecule has 29 heavy (non-hydrogen) atoms. The number of halogens is 1. The summed E-state index contributed by atoms with van der Waals surface area (Å²) in [5.74, 6) is 0.296. The summed E-state index contributed by atoms with van der Waals surface area (Å²) in [4.78, 5) is 26.0. The Kier molecular flexibility index (Phi) is 5.06. The van der Waals surface area contributed by atoms with E-state index in [-0.39, 0.29) is 16.9 Å². The largest absolute Gasteiger partial charge is 0.497 e. The highest BCUT2D eigenvalue weighted by Crippen LogP contribution is 2.30. The molecule has 0 aliphatic carbocycles. The number of methoxy groups -OCH3 is 1. The van der Waals surface area contributed by atoms with Crippen LogP contribution in [0.4, 0.5) is 5.88 Å². The van der Waals surface area contributed by atoms with E-state index in [2.05, 4.69) is 5.32 Å². The fourth-order valence-electron chi connectivity index (χ4n) is 3.05. The molecule has 4 rings (SSSR count). The van der Waals surface area contributed by atoms with Gasteiger partial charge in [-0.1, -0.05) is 35.9 Å². The van der Waals surface area contributed by atoms with Gasteiger partial charge in [0.05, 0.1) is 18.1 Å². The molecule has 0 saturated carbocycles. The van der Waals surface area contributed by atoms with E-state index in [0.29, 0.717) is 32.9 Å². The fourth-order valence-corrected chi connectivity index (χ4v) is 3.24. The molecular formula is C23H16ClNO4. The van der Waals surface area contributed by atoms with E-state index in [1.54, 1.807) is 79.9 Å². The Hall–Kier alpha value is -3.57. The molecule has 1 N–H and O–H groups in total. The zero-order valence-electron chi connectivity index (χ0n) is 15.4. The summed E-state index contributed by atoms with van der Waals surface area (Å²) in [5.41, 5.74) is 1.33. The molecule has 1 aromatic heterocycles. The minimum atomic E-state index is -0.408. The fraction of sp³-hybridized carbons (Fsp3) is 0.0435. The van der Waals surface area contributed by atoms with E-state index in [4.69, 9.17) is 20.8 Å². The summed E-state index contributed by atoms with van der Waals surface area (Å²) in [6, 6.07) is 20.4. The van der Waals surface area contributed by atoms with Crippen LogP contribution in [0, 0.1) is 0 Å². The van der Waals surface area contributed by atoms with Crippen LogP contribution in [-0.4, -0.2) is 13.0 Å². The van der Waals surface area contributed by atoms with Gasteiger partial charge in [-0.15, -0.1) is 0 Å². The first-order chi connectivity index (χ1) is 14.1. The summed E-state index contributed by atoms with van der Waals surface area (Å²) in [6.07, 6.45) is 0. The van der Waals surface area contributed by atoms with Gasteiger partial charge in [-0.3, -0.25) is 14.9 Å². The number of anilines is 1. The van der Waals surface area contributed by atoms with Gasteiger partial charge in [-0.05, 0) is 54.1 Å². The lowest BCUT2D eigenvalue weighted by Gasteiger charge is -2.12. The van der Waals surface area contributed by atoms with E-state index in [1.165, 1.54) is 0 Å². The molecule has 3 aromatic carbocycles. The number of amides is 1. The summed E-state index contributed by atoms with van der Waals surface area (Å²) in [5, 5.41) is 3.62. The van der Waals surface area contributed by atoms with Crippen LogP contribution in [0.1, 0.15) is 10.4 Å². The van der Waals surface area contributed by atoms with Crippen molar-refractivity contribution in [2.75, 3.05) is 12.4 Å². The molecule has 0 aliphatic heterocycles. The number of nitrogens with one attached hydrogen (secondary N) is 1. The van der Waals surface area contributed by atoms with Crippen molar-refractivity contribution >= 4 is 34.4 Å². The van der Waals surface area contributed by atoms with Crippen LogP contribution in [0.5, 0.6) is 5.75 Å². The van der Waals surface area contributed by atoms with Gasteiger partial charge in [0.2, 0.25) is 11.3 Å². The maximum Gasteiger partial charge on any atom is 0.257 e. The van der Waals surface area contributed by atoms with E-state index in [0.717, 1.165) is 0 Å². The maximum absolute atomic E-state index is 13.2. The zero-order chi connectivity index (χ0) is 20.4. The molecule has 0 unspecified atom stereocenters. The maximum atomic E-state index is 13.2. The predicted molar refractivity (Wildman–Crippen MR) is 114 cm³/mol. The van der Waals surface area contributed by atoms with E-state index >= 15 is 0 Å². The Morgan fingerprint density at radius 1 is 1.00 bits per heavy atom. The third-order valence-corrected chi connectivity index (χ3v) is 4.73. The van der Waals surface area contributed by atoms with Crippen molar-refractivity contribution in [3.05, 3.63) is 93.6 Å². The second-order valence-corrected chi connectivity index (χ2v) is 6.76. The van der Waals surface area contributed by atoms with Crippen molar-refractivity contribution in [3.8, 4) is 16.9 Å². The van der Waals surface area contributed by atoms with Crippen LogP contribution < -0.4 is 15.5 Å². The number of hydrogen-bond acceptors (Lipinski definition) is 4. The molecule has 6 heteroatoms. The smallest absolute Gasteiger partial charge is 0.257 e. The first kappa shape index (κ1) is 18.8. The lowest BCUT2D eigenvalue weighted by molar-refractivity contribution is 0.102. The number of benzene rings is 3. The Morgan fingerprint density at radius 2 is 1.76 bits per heavy atom. The lowest BCUT2D eigenvalue weighted by atomic mass is 10.0. The Morgan fingerprint density at radius 3 is 2.48 bits per heavy atom. The topological polar surface area (TPSA) is 68.5 Å². The highest BCUT2D eigenvalue weighted by atomic mass is 35.5. The van der Waals surface area contributed by atoms with Crippen LogP contribution >= 0.6 is 11.6 Å². The highest BCUT2D eigenvalue weighted by molar-refractivity contribution is 6.30. The molecule has 0 fully saturated rings. The standard InChI is InChI=1S/C23H16ClNO4/c1-28-17-11-9-14(10-12-17)22(27)25-23-20(15-5-4-6-16(24)13-15)21(26)18-7-2-3-8-19(18)29-23/h2-13H,1H3,(H,25,27). The molecule has 0 aliphatic rings. The third kappa shape index (κ3) is 3.73. The van der Waals surface area contributed by atoms with Gasteiger partial charge < -0.3 is 9.15 Å². The van der Waals surface area contributed by atoms with Gasteiger partial charge >= 0.3 is 0 Å². The first-order valence-electron chi connectivity index (χ1n) is 8.84. The van der Waals surface area contributed by atoms with Crippen molar-refractivity contribution in [1.82, 2.24) is 0 Å². The molecule has 144 valence electrons. The Labute approximate surface area is 171 Å². The van der Waals surface area contributed by atoms with Crippen LogP contribution in [0.2, 0.25) is 5.02 Å². The van der Waals surface area contributed by atoms with Gasteiger partial charge in [0.25, 0.3) is 5.91 Å². The number of ether oxygens (including phenoxy) is 1. The molecule has 0 bridgehead atoms. The summed E-state index contributed by atoms with van der Waals surface area (Å²) in [7, 11) is 1.55. The SMILES string of the molecule is COc1ccc(C(=O)Nc2oc3ccccc3c(=O)c2-c2cccc(Cl)c2)cc1.